The summed E-state index contributed by atoms with van der Waals surface area (Å²) in [7, 11) is 0. The van der Waals surface area contributed by atoms with Crippen LogP contribution in [0.25, 0.3) is 0 Å². The predicted molar refractivity (Wildman–Crippen MR) is 103 cm³/mol. The SMILES string of the molecule is CCn1c(COc2ccccc2)nnc1S[C@@H](C)C(=O)Nc1nccs1. The largest absolute Gasteiger partial charge is 0.486 e. The highest BCUT2D eigenvalue weighted by Gasteiger charge is 2.20. The van der Waals surface area contributed by atoms with Gasteiger partial charge in [0.15, 0.2) is 16.1 Å². The van der Waals surface area contributed by atoms with Gasteiger partial charge in [-0.1, -0.05) is 30.0 Å². The molecule has 3 rings (SSSR count). The molecule has 3 aromatic rings. The molecular weight excluding hydrogens is 370 g/mol. The van der Waals surface area contributed by atoms with Gasteiger partial charge in [-0.3, -0.25) is 4.79 Å². The van der Waals surface area contributed by atoms with Crippen molar-refractivity contribution in [2.75, 3.05) is 5.32 Å². The second-order valence-electron chi connectivity index (χ2n) is 5.33. The minimum atomic E-state index is -0.323. The zero-order valence-electron chi connectivity index (χ0n) is 14.5. The molecule has 1 atom stereocenters. The summed E-state index contributed by atoms with van der Waals surface area (Å²) < 4.78 is 7.71. The fourth-order valence-electron chi connectivity index (χ4n) is 2.20. The molecule has 1 N–H and O–H groups in total. The van der Waals surface area contributed by atoms with E-state index in [2.05, 4.69) is 20.5 Å². The molecule has 0 aliphatic carbocycles. The predicted octanol–water partition coefficient (Wildman–Crippen LogP) is 3.45. The molecule has 0 fully saturated rings. The van der Waals surface area contributed by atoms with Crippen LogP contribution in [0.5, 0.6) is 5.75 Å². The lowest BCUT2D eigenvalue weighted by Gasteiger charge is -2.12. The maximum atomic E-state index is 12.3. The first-order chi connectivity index (χ1) is 12.7. The number of benzene rings is 1. The maximum Gasteiger partial charge on any atom is 0.239 e. The van der Waals surface area contributed by atoms with E-state index in [1.807, 2.05) is 54.1 Å². The number of amides is 1. The summed E-state index contributed by atoms with van der Waals surface area (Å²) in [5.74, 6) is 1.40. The van der Waals surface area contributed by atoms with E-state index in [9.17, 15) is 4.79 Å². The number of aromatic nitrogens is 4. The zero-order chi connectivity index (χ0) is 18.4. The Morgan fingerprint density at radius 2 is 2.15 bits per heavy atom. The van der Waals surface area contributed by atoms with Crippen molar-refractivity contribution >= 4 is 34.1 Å². The number of thiazole rings is 1. The fraction of sp³-hybridized carbons (Fsp3) is 0.294. The Balaban J connectivity index is 1.62. The van der Waals surface area contributed by atoms with Crippen LogP contribution in [0.3, 0.4) is 0 Å². The number of ether oxygens (including phenoxy) is 1. The Kier molecular flexibility index (Phi) is 6.24. The first-order valence-corrected chi connectivity index (χ1v) is 9.90. The Morgan fingerprint density at radius 1 is 1.35 bits per heavy atom. The highest BCUT2D eigenvalue weighted by molar-refractivity contribution is 8.00. The van der Waals surface area contributed by atoms with Crippen LogP contribution in [0.1, 0.15) is 19.7 Å². The molecule has 136 valence electrons. The number of nitrogens with zero attached hydrogens (tertiary/aromatic N) is 4. The van der Waals surface area contributed by atoms with Crippen molar-refractivity contribution in [3.8, 4) is 5.75 Å². The van der Waals surface area contributed by atoms with Crippen LogP contribution in [0.4, 0.5) is 5.13 Å². The summed E-state index contributed by atoms with van der Waals surface area (Å²) in [6.45, 7) is 4.87. The molecule has 7 nitrogen and oxygen atoms in total. The molecule has 0 saturated carbocycles. The van der Waals surface area contributed by atoms with Gasteiger partial charge in [0.2, 0.25) is 5.91 Å². The Labute approximate surface area is 159 Å². The van der Waals surface area contributed by atoms with Crippen molar-refractivity contribution in [2.45, 2.75) is 37.4 Å². The van der Waals surface area contributed by atoms with Gasteiger partial charge < -0.3 is 14.6 Å². The van der Waals surface area contributed by atoms with Crippen molar-refractivity contribution in [3.63, 3.8) is 0 Å². The van der Waals surface area contributed by atoms with Crippen molar-refractivity contribution in [1.82, 2.24) is 19.7 Å². The molecule has 26 heavy (non-hydrogen) atoms. The first-order valence-electron chi connectivity index (χ1n) is 8.14. The van der Waals surface area contributed by atoms with E-state index in [4.69, 9.17) is 4.74 Å². The molecule has 0 bridgehead atoms. The van der Waals surface area contributed by atoms with Crippen LogP contribution >= 0.6 is 23.1 Å². The van der Waals surface area contributed by atoms with Gasteiger partial charge in [0.05, 0.1) is 5.25 Å². The highest BCUT2D eigenvalue weighted by Crippen LogP contribution is 2.24. The average molecular weight is 390 g/mol. The van der Waals surface area contributed by atoms with Gasteiger partial charge in [-0.2, -0.15) is 0 Å². The minimum absolute atomic E-state index is 0.113. The highest BCUT2D eigenvalue weighted by atomic mass is 32.2. The molecule has 0 aliphatic rings. The smallest absolute Gasteiger partial charge is 0.239 e. The normalized spacial score (nSPS) is 11.9. The van der Waals surface area contributed by atoms with Gasteiger partial charge >= 0.3 is 0 Å². The number of carbonyl (C=O) groups excluding carboxylic acids is 1. The third kappa shape index (κ3) is 4.61. The summed E-state index contributed by atoms with van der Waals surface area (Å²) in [5.41, 5.74) is 0. The molecule has 0 unspecified atom stereocenters. The lowest BCUT2D eigenvalue weighted by atomic mass is 10.3. The second-order valence-corrected chi connectivity index (χ2v) is 7.53. The topological polar surface area (TPSA) is 81.9 Å². The van der Waals surface area contributed by atoms with Crippen molar-refractivity contribution in [3.05, 3.63) is 47.7 Å². The van der Waals surface area contributed by atoms with Crippen molar-refractivity contribution in [2.24, 2.45) is 0 Å². The van der Waals surface area contributed by atoms with Gasteiger partial charge in [0, 0.05) is 18.1 Å². The van der Waals surface area contributed by atoms with E-state index < -0.39 is 0 Å². The van der Waals surface area contributed by atoms with Gasteiger partial charge in [-0.15, -0.1) is 21.5 Å². The van der Waals surface area contributed by atoms with E-state index in [0.717, 1.165) is 11.6 Å². The van der Waals surface area contributed by atoms with Crippen LogP contribution in [-0.2, 0) is 17.9 Å². The maximum absolute atomic E-state index is 12.3. The van der Waals surface area contributed by atoms with E-state index in [-0.39, 0.29) is 11.2 Å². The Hall–Kier alpha value is -2.39. The summed E-state index contributed by atoms with van der Waals surface area (Å²) in [6, 6.07) is 9.57. The number of thioether (sulfide) groups is 1. The number of hydrogen-bond donors (Lipinski definition) is 1. The third-order valence-corrected chi connectivity index (χ3v) is 5.30. The lowest BCUT2D eigenvalue weighted by molar-refractivity contribution is -0.115. The average Bonchev–Trinajstić information content (AvgIpc) is 3.30. The van der Waals surface area contributed by atoms with Crippen LogP contribution in [0.2, 0.25) is 0 Å². The summed E-state index contributed by atoms with van der Waals surface area (Å²) >= 11 is 2.76. The molecule has 0 spiro atoms. The molecule has 2 aromatic heterocycles. The first kappa shape index (κ1) is 18.4. The van der Waals surface area contributed by atoms with E-state index >= 15 is 0 Å². The van der Waals surface area contributed by atoms with Gasteiger partial charge in [0.25, 0.3) is 0 Å². The summed E-state index contributed by atoms with van der Waals surface area (Å²) in [6.07, 6.45) is 1.66. The third-order valence-electron chi connectivity index (χ3n) is 3.53. The van der Waals surface area contributed by atoms with Crippen LogP contribution < -0.4 is 10.1 Å². The number of para-hydroxylation sites is 1. The van der Waals surface area contributed by atoms with Crippen LogP contribution in [0, 0.1) is 0 Å². The molecule has 1 aromatic carbocycles. The molecule has 2 heterocycles. The lowest BCUT2D eigenvalue weighted by Crippen LogP contribution is -2.22. The van der Waals surface area contributed by atoms with Gasteiger partial charge in [-0.25, -0.2) is 4.98 Å². The minimum Gasteiger partial charge on any atom is -0.486 e. The van der Waals surface area contributed by atoms with Crippen molar-refractivity contribution in [1.29, 1.82) is 0 Å². The quantitative estimate of drug-likeness (QED) is 0.594. The zero-order valence-corrected chi connectivity index (χ0v) is 16.1. The van der Waals surface area contributed by atoms with E-state index in [0.29, 0.717) is 23.4 Å². The molecule has 9 heteroatoms. The second kappa shape index (κ2) is 8.81. The molecule has 0 aliphatic heterocycles. The van der Waals surface area contributed by atoms with Crippen molar-refractivity contribution < 1.29 is 9.53 Å². The number of nitrogens with one attached hydrogen (secondary N) is 1. The number of rotatable bonds is 8. The van der Waals surface area contributed by atoms with E-state index in [1.54, 1.807) is 6.20 Å². The fourth-order valence-corrected chi connectivity index (χ4v) is 3.66. The van der Waals surface area contributed by atoms with Crippen LogP contribution in [-0.4, -0.2) is 30.9 Å². The van der Waals surface area contributed by atoms with E-state index in [1.165, 1.54) is 23.1 Å². The molecular formula is C17H19N5O2S2. The summed E-state index contributed by atoms with van der Waals surface area (Å²) in [4.78, 5) is 16.3. The Morgan fingerprint density at radius 3 is 2.85 bits per heavy atom. The molecule has 0 saturated heterocycles. The molecule has 1 amide bonds. The number of anilines is 1. The number of carbonyl (C=O) groups is 1. The number of hydrogen-bond acceptors (Lipinski definition) is 7. The van der Waals surface area contributed by atoms with Gasteiger partial charge in [0.1, 0.15) is 12.4 Å². The Bertz CT molecular complexity index is 836. The molecule has 0 radical (unpaired) electrons. The van der Waals surface area contributed by atoms with Gasteiger partial charge in [-0.05, 0) is 26.0 Å². The monoisotopic (exact) mass is 389 g/mol. The van der Waals surface area contributed by atoms with Crippen LogP contribution in [0.15, 0.2) is 47.1 Å². The standard InChI is InChI=1S/C17H19N5O2S2/c1-3-22-14(11-24-13-7-5-4-6-8-13)20-21-17(22)26-12(2)15(23)19-16-18-9-10-25-16/h4-10,12H,3,11H2,1-2H3,(H,18,19,23)/t12-/m0/s1. The summed E-state index contributed by atoms with van der Waals surface area (Å²) in [5, 5.41) is 14.0.